The first-order valence-corrected chi connectivity index (χ1v) is 11.2. The minimum Gasteiger partial charge on any atom is -0.487 e. The maximum atomic E-state index is 14.0. The van der Waals surface area contributed by atoms with Crippen LogP contribution >= 0.6 is 11.6 Å². The van der Waals surface area contributed by atoms with Gasteiger partial charge in [0, 0.05) is 0 Å². The van der Waals surface area contributed by atoms with E-state index in [0.29, 0.717) is 17.0 Å². The Hall–Kier alpha value is -2.84. The Balaban J connectivity index is 1.67. The van der Waals surface area contributed by atoms with Gasteiger partial charge in [-0.15, -0.1) is 0 Å². The van der Waals surface area contributed by atoms with Crippen molar-refractivity contribution in [1.29, 1.82) is 0 Å². The van der Waals surface area contributed by atoms with Crippen molar-refractivity contribution < 1.29 is 26.7 Å². The molecule has 0 fully saturated rings. The predicted octanol–water partition coefficient (Wildman–Crippen LogP) is 5.17. The fourth-order valence-corrected chi connectivity index (χ4v) is 5.03. The summed E-state index contributed by atoms with van der Waals surface area (Å²) in [7, 11) is -3.96. The van der Waals surface area contributed by atoms with Crippen LogP contribution in [0.2, 0.25) is 5.02 Å². The van der Waals surface area contributed by atoms with Crippen LogP contribution in [0.1, 0.15) is 12.5 Å². The van der Waals surface area contributed by atoms with Crippen LogP contribution in [0.5, 0.6) is 11.5 Å². The molecule has 9 heteroatoms. The zero-order chi connectivity index (χ0) is 22.2. The monoisotopic (exact) mass is 465 g/mol. The molecule has 0 saturated carbocycles. The first kappa shape index (κ1) is 21.4. The highest BCUT2D eigenvalue weighted by Crippen LogP contribution is 2.38. The number of hydrogen-bond donors (Lipinski definition) is 0. The molecule has 0 radical (unpaired) electrons. The Morgan fingerprint density at radius 3 is 2.58 bits per heavy atom. The van der Waals surface area contributed by atoms with E-state index in [0.717, 1.165) is 12.1 Å². The highest BCUT2D eigenvalue weighted by Gasteiger charge is 2.33. The van der Waals surface area contributed by atoms with Crippen molar-refractivity contribution in [1.82, 2.24) is 0 Å². The average molecular weight is 466 g/mol. The zero-order valence-corrected chi connectivity index (χ0v) is 18.0. The van der Waals surface area contributed by atoms with Gasteiger partial charge in [0.15, 0.2) is 11.6 Å². The summed E-state index contributed by atoms with van der Waals surface area (Å²) in [5, 5.41) is 0.135. The Labute approximate surface area is 183 Å². The van der Waals surface area contributed by atoms with Crippen LogP contribution in [-0.4, -0.2) is 21.1 Å². The second-order valence-electron chi connectivity index (χ2n) is 7.06. The molecule has 0 aromatic heterocycles. The number of hydrogen-bond acceptors (Lipinski definition) is 4. The number of halogens is 3. The fraction of sp³-hybridized carbons (Fsp3) is 0.182. The lowest BCUT2D eigenvalue weighted by atomic mass is 10.1. The van der Waals surface area contributed by atoms with Crippen molar-refractivity contribution in [3.8, 4) is 11.5 Å². The van der Waals surface area contributed by atoms with Gasteiger partial charge in [-0.3, -0.25) is 4.31 Å². The lowest BCUT2D eigenvalue weighted by Gasteiger charge is -2.34. The van der Waals surface area contributed by atoms with E-state index >= 15 is 0 Å². The largest absolute Gasteiger partial charge is 0.487 e. The van der Waals surface area contributed by atoms with E-state index in [9.17, 15) is 17.2 Å². The van der Waals surface area contributed by atoms with Crippen molar-refractivity contribution in [3.05, 3.63) is 82.9 Å². The molecule has 0 aliphatic carbocycles. The van der Waals surface area contributed by atoms with Crippen molar-refractivity contribution in [3.63, 3.8) is 0 Å². The molecule has 3 aromatic carbocycles. The number of anilines is 1. The summed E-state index contributed by atoms with van der Waals surface area (Å²) in [6.45, 7) is 1.80. The van der Waals surface area contributed by atoms with Gasteiger partial charge in [0.2, 0.25) is 0 Å². The maximum Gasteiger partial charge on any atom is 0.264 e. The van der Waals surface area contributed by atoms with Gasteiger partial charge >= 0.3 is 0 Å². The van der Waals surface area contributed by atoms with Crippen molar-refractivity contribution >= 4 is 27.3 Å². The van der Waals surface area contributed by atoms with Gasteiger partial charge in [0.25, 0.3) is 10.0 Å². The van der Waals surface area contributed by atoms with E-state index in [4.69, 9.17) is 21.1 Å². The molecule has 5 nitrogen and oxygen atoms in total. The SMILES string of the molecule is CC1CN(S(=O)(=O)c2ccc(F)cc2)c2cc(COc3c(F)cccc3Cl)ccc2O1. The molecule has 0 spiro atoms. The molecular weight excluding hydrogens is 448 g/mol. The van der Waals surface area contributed by atoms with Crippen molar-refractivity contribution in [2.75, 3.05) is 10.8 Å². The van der Waals surface area contributed by atoms with Gasteiger partial charge in [-0.05, 0) is 61.0 Å². The summed E-state index contributed by atoms with van der Waals surface area (Å²) < 4.78 is 66.2. The molecule has 1 atom stereocenters. The molecule has 1 heterocycles. The number of para-hydroxylation sites is 1. The molecule has 0 amide bonds. The van der Waals surface area contributed by atoms with E-state index in [1.165, 1.54) is 34.6 Å². The van der Waals surface area contributed by atoms with E-state index in [2.05, 4.69) is 0 Å². The first-order chi connectivity index (χ1) is 14.8. The van der Waals surface area contributed by atoms with Crippen LogP contribution in [0.15, 0.2) is 65.6 Å². The number of fused-ring (bicyclic) bond motifs is 1. The Bertz CT molecular complexity index is 1200. The lowest BCUT2D eigenvalue weighted by molar-refractivity contribution is 0.219. The summed E-state index contributed by atoms with van der Waals surface area (Å²) in [6, 6.07) is 13.8. The standard InChI is InChI=1S/C22H18ClF2NO4S/c1-14-12-26(31(27,28)17-8-6-16(24)7-9-17)20-11-15(5-10-21(20)30-14)13-29-22-18(23)3-2-4-19(22)25/h2-11,14H,12-13H2,1H3. The third-order valence-corrected chi connectivity index (χ3v) is 6.84. The summed E-state index contributed by atoms with van der Waals surface area (Å²) in [5.41, 5.74) is 0.915. The van der Waals surface area contributed by atoms with Gasteiger partial charge in [-0.1, -0.05) is 23.7 Å². The Morgan fingerprint density at radius 2 is 1.87 bits per heavy atom. The minimum absolute atomic E-state index is 0.0336. The second-order valence-corrected chi connectivity index (χ2v) is 9.33. The quantitative estimate of drug-likeness (QED) is 0.521. The van der Waals surface area contributed by atoms with Gasteiger partial charge in [-0.2, -0.15) is 0 Å². The maximum absolute atomic E-state index is 14.0. The third kappa shape index (κ3) is 4.31. The van der Waals surface area contributed by atoms with Crippen LogP contribution in [0.25, 0.3) is 0 Å². The number of rotatable bonds is 5. The number of ether oxygens (including phenoxy) is 2. The average Bonchev–Trinajstić information content (AvgIpc) is 2.73. The molecule has 0 saturated heterocycles. The molecular formula is C22H18ClF2NO4S. The topological polar surface area (TPSA) is 55.8 Å². The molecule has 1 aliphatic heterocycles. The Kier molecular flexibility index (Phi) is 5.77. The molecule has 0 bridgehead atoms. The summed E-state index contributed by atoms with van der Waals surface area (Å²) in [6.07, 6.45) is -0.387. The van der Waals surface area contributed by atoms with Crippen molar-refractivity contribution in [2.24, 2.45) is 0 Å². The number of sulfonamides is 1. The van der Waals surface area contributed by atoms with Crippen LogP contribution in [0.4, 0.5) is 14.5 Å². The van der Waals surface area contributed by atoms with Crippen molar-refractivity contribution in [2.45, 2.75) is 24.5 Å². The van der Waals surface area contributed by atoms with Gasteiger partial charge in [0.05, 0.1) is 22.2 Å². The van der Waals surface area contributed by atoms with Gasteiger partial charge in [-0.25, -0.2) is 17.2 Å². The van der Waals surface area contributed by atoms with E-state index in [1.54, 1.807) is 25.1 Å². The fourth-order valence-electron chi connectivity index (χ4n) is 3.27. The molecule has 162 valence electrons. The molecule has 1 unspecified atom stereocenters. The Morgan fingerprint density at radius 1 is 1.13 bits per heavy atom. The van der Waals surface area contributed by atoms with Crippen LogP contribution < -0.4 is 13.8 Å². The van der Waals surface area contributed by atoms with Crippen LogP contribution in [-0.2, 0) is 16.6 Å². The van der Waals surface area contributed by atoms with E-state index in [-0.39, 0.29) is 34.9 Å². The number of nitrogens with zero attached hydrogens (tertiary/aromatic N) is 1. The molecule has 3 aromatic rings. The van der Waals surface area contributed by atoms with E-state index < -0.39 is 21.7 Å². The van der Waals surface area contributed by atoms with Crippen LogP contribution in [0.3, 0.4) is 0 Å². The summed E-state index contributed by atoms with van der Waals surface area (Å²) >= 11 is 5.99. The number of benzene rings is 3. The molecule has 31 heavy (non-hydrogen) atoms. The van der Waals surface area contributed by atoms with Gasteiger partial charge in [0.1, 0.15) is 24.3 Å². The second kappa shape index (κ2) is 8.36. The highest BCUT2D eigenvalue weighted by atomic mass is 35.5. The van der Waals surface area contributed by atoms with Crippen LogP contribution in [0, 0.1) is 11.6 Å². The van der Waals surface area contributed by atoms with E-state index in [1.807, 2.05) is 0 Å². The van der Waals surface area contributed by atoms with Gasteiger partial charge < -0.3 is 9.47 Å². The minimum atomic E-state index is -3.96. The summed E-state index contributed by atoms with van der Waals surface area (Å²) in [5.74, 6) is -0.816. The molecule has 0 N–H and O–H groups in total. The first-order valence-electron chi connectivity index (χ1n) is 9.40. The highest BCUT2D eigenvalue weighted by molar-refractivity contribution is 7.92. The summed E-state index contributed by atoms with van der Waals surface area (Å²) in [4.78, 5) is -0.0336. The third-order valence-electron chi connectivity index (χ3n) is 4.75. The normalized spacial score (nSPS) is 15.9. The molecule has 1 aliphatic rings. The zero-order valence-electron chi connectivity index (χ0n) is 16.4. The smallest absolute Gasteiger partial charge is 0.264 e. The predicted molar refractivity (Wildman–Crippen MR) is 113 cm³/mol. The molecule has 4 rings (SSSR count). The lowest BCUT2D eigenvalue weighted by Crippen LogP contribution is -2.42.